The number of anilines is 3. The summed E-state index contributed by atoms with van der Waals surface area (Å²) in [5, 5.41) is 6.12. The average Bonchev–Trinajstić information content (AvgIpc) is 2.66. The standard InChI is InChI=1S/C24H28N4O2/c1-16-8-5-9-17(2)23(16)30-13-7-12-22(29)27-20-10-6-11-21(15-20)28-24-25-18(3)14-19(4)26-24/h5-6,8-11,14-15H,7,12-13H2,1-4H3,(H,27,29)(H,25,26,28). The van der Waals surface area contributed by atoms with E-state index in [1.165, 1.54) is 0 Å². The van der Waals surface area contributed by atoms with Gasteiger partial charge in [-0.25, -0.2) is 9.97 Å². The van der Waals surface area contributed by atoms with Gasteiger partial charge in [0.1, 0.15) is 5.75 Å². The minimum Gasteiger partial charge on any atom is -0.493 e. The zero-order chi connectivity index (χ0) is 21.5. The first kappa shape index (κ1) is 21.3. The van der Waals surface area contributed by atoms with Crippen molar-refractivity contribution in [3.05, 3.63) is 71.0 Å². The number of aryl methyl sites for hydroxylation is 4. The molecule has 0 unspecified atom stereocenters. The largest absolute Gasteiger partial charge is 0.493 e. The maximum absolute atomic E-state index is 12.3. The van der Waals surface area contributed by atoms with Gasteiger partial charge in [-0.2, -0.15) is 0 Å². The number of para-hydroxylation sites is 1. The molecule has 30 heavy (non-hydrogen) atoms. The van der Waals surface area contributed by atoms with E-state index < -0.39 is 0 Å². The molecule has 0 aliphatic carbocycles. The highest BCUT2D eigenvalue weighted by Gasteiger charge is 2.07. The van der Waals surface area contributed by atoms with E-state index in [1.807, 2.05) is 76.2 Å². The minimum absolute atomic E-state index is 0.0418. The zero-order valence-electron chi connectivity index (χ0n) is 18.0. The molecule has 3 aromatic rings. The molecule has 0 atom stereocenters. The predicted octanol–water partition coefficient (Wildman–Crippen LogP) is 5.25. The first-order valence-corrected chi connectivity index (χ1v) is 10.1. The molecule has 0 spiro atoms. The van der Waals surface area contributed by atoms with Crippen LogP contribution in [0.2, 0.25) is 0 Å². The van der Waals surface area contributed by atoms with Gasteiger partial charge in [0.25, 0.3) is 0 Å². The topological polar surface area (TPSA) is 76.1 Å². The van der Waals surface area contributed by atoms with Crippen molar-refractivity contribution in [2.24, 2.45) is 0 Å². The molecule has 0 aliphatic rings. The maximum Gasteiger partial charge on any atom is 0.227 e. The average molecular weight is 405 g/mol. The van der Waals surface area contributed by atoms with E-state index in [0.717, 1.165) is 39.6 Å². The summed E-state index contributed by atoms with van der Waals surface area (Å²) in [6.07, 6.45) is 1.04. The number of amides is 1. The number of hydrogen-bond acceptors (Lipinski definition) is 5. The summed E-state index contributed by atoms with van der Waals surface area (Å²) in [6, 6.07) is 15.5. The van der Waals surface area contributed by atoms with Crippen LogP contribution >= 0.6 is 0 Å². The second-order valence-corrected chi connectivity index (χ2v) is 7.40. The summed E-state index contributed by atoms with van der Waals surface area (Å²) in [6.45, 7) is 8.42. The molecule has 6 heteroatoms. The van der Waals surface area contributed by atoms with Crippen LogP contribution in [0.1, 0.15) is 35.4 Å². The van der Waals surface area contributed by atoms with Crippen molar-refractivity contribution in [2.75, 3.05) is 17.2 Å². The Hall–Kier alpha value is -3.41. The van der Waals surface area contributed by atoms with Crippen LogP contribution in [0.25, 0.3) is 0 Å². The van der Waals surface area contributed by atoms with Gasteiger partial charge in [-0.1, -0.05) is 24.3 Å². The number of rotatable bonds is 8. The van der Waals surface area contributed by atoms with Crippen molar-refractivity contribution in [3.63, 3.8) is 0 Å². The molecule has 2 aromatic carbocycles. The minimum atomic E-state index is -0.0418. The zero-order valence-corrected chi connectivity index (χ0v) is 18.0. The third kappa shape index (κ3) is 6.04. The van der Waals surface area contributed by atoms with Crippen molar-refractivity contribution in [1.82, 2.24) is 9.97 Å². The second-order valence-electron chi connectivity index (χ2n) is 7.40. The summed E-state index contributed by atoms with van der Waals surface area (Å²) in [5.41, 5.74) is 5.56. The first-order valence-electron chi connectivity index (χ1n) is 10.1. The van der Waals surface area contributed by atoms with Gasteiger partial charge in [-0.15, -0.1) is 0 Å². The molecule has 0 saturated carbocycles. The fourth-order valence-electron chi connectivity index (χ4n) is 3.24. The number of ether oxygens (including phenoxy) is 1. The molecule has 6 nitrogen and oxygen atoms in total. The molecule has 1 heterocycles. The second kappa shape index (κ2) is 9.87. The molecule has 1 aromatic heterocycles. The maximum atomic E-state index is 12.3. The van der Waals surface area contributed by atoms with Crippen LogP contribution in [0.15, 0.2) is 48.5 Å². The Labute approximate surface area is 177 Å². The Morgan fingerprint density at radius 1 is 0.900 bits per heavy atom. The lowest BCUT2D eigenvalue weighted by atomic mass is 10.1. The Balaban J connectivity index is 1.50. The number of carbonyl (C=O) groups excluding carboxylic acids is 1. The Morgan fingerprint density at radius 2 is 1.53 bits per heavy atom. The van der Waals surface area contributed by atoms with Crippen LogP contribution in [0, 0.1) is 27.7 Å². The third-order valence-electron chi connectivity index (χ3n) is 4.59. The molecule has 0 aliphatic heterocycles. The van der Waals surface area contributed by atoms with E-state index in [9.17, 15) is 4.79 Å². The van der Waals surface area contributed by atoms with Crippen LogP contribution in [-0.4, -0.2) is 22.5 Å². The van der Waals surface area contributed by atoms with Crippen molar-refractivity contribution >= 4 is 23.2 Å². The highest BCUT2D eigenvalue weighted by atomic mass is 16.5. The van der Waals surface area contributed by atoms with Gasteiger partial charge in [0.15, 0.2) is 0 Å². The normalized spacial score (nSPS) is 10.5. The number of carbonyl (C=O) groups is 1. The molecular formula is C24H28N4O2. The monoisotopic (exact) mass is 404 g/mol. The summed E-state index contributed by atoms with van der Waals surface area (Å²) in [4.78, 5) is 21.1. The van der Waals surface area contributed by atoms with E-state index in [4.69, 9.17) is 4.74 Å². The van der Waals surface area contributed by atoms with E-state index in [0.29, 0.717) is 25.4 Å². The van der Waals surface area contributed by atoms with Gasteiger partial charge in [0, 0.05) is 29.2 Å². The fraction of sp³-hybridized carbons (Fsp3) is 0.292. The third-order valence-corrected chi connectivity index (χ3v) is 4.59. The molecular weight excluding hydrogens is 376 g/mol. The smallest absolute Gasteiger partial charge is 0.227 e. The number of aromatic nitrogens is 2. The number of nitrogens with one attached hydrogen (secondary N) is 2. The molecule has 2 N–H and O–H groups in total. The van der Waals surface area contributed by atoms with Crippen molar-refractivity contribution in [1.29, 1.82) is 0 Å². The fourth-order valence-corrected chi connectivity index (χ4v) is 3.24. The highest BCUT2D eigenvalue weighted by molar-refractivity contribution is 5.91. The van der Waals surface area contributed by atoms with Crippen LogP contribution in [-0.2, 0) is 4.79 Å². The van der Waals surface area contributed by atoms with E-state index in [1.54, 1.807) is 0 Å². The molecule has 0 fully saturated rings. The number of benzene rings is 2. The van der Waals surface area contributed by atoms with E-state index in [2.05, 4.69) is 20.6 Å². The highest BCUT2D eigenvalue weighted by Crippen LogP contribution is 2.23. The predicted molar refractivity (Wildman–Crippen MR) is 121 cm³/mol. The quantitative estimate of drug-likeness (QED) is 0.501. The van der Waals surface area contributed by atoms with Gasteiger partial charge in [0.05, 0.1) is 6.61 Å². The Bertz CT molecular complexity index is 993. The number of hydrogen-bond donors (Lipinski definition) is 2. The lowest BCUT2D eigenvalue weighted by Crippen LogP contribution is -2.13. The van der Waals surface area contributed by atoms with E-state index in [-0.39, 0.29) is 5.91 Å². The number of nitrogens with zero attached hydrogens (tertiary/aromatic N) is 2. The van der Waals surface area contributed by atoms with Crippen molar-refractivity contribution < 1.29 is 9.53 Å². The molecule has 1 amide bonds. The lowest BCUT2D eigenvalue weighted by Gasteiger charge is -2.12. The SMILES string of the molecule is Cc1cc(C)nc(Nc2cccc(NC(=O)CCCOc3c(C)cccc3C)c2)n1. The first-order chi connectivity index (χ1) is 14.4. The summed E-state index contributed by atoms with van der Waals surface area (Å²) in [7, 11) is 0. The summed E-state index contributed by atoms with van der Waals surface area (Å²) >= 11 is 0. The summed E-state index contributed by atoms with van der Waals surface area (Å²) < 4.78 is 5.87. The van der Waals surface area contributed by atoms with Crippen molar-refractivity contribution in [2.45, 2.75) is 40.5 Å². The van der Waals surface area contributed by atoms with Crippen LogP contribution < -0.4 is 15.4 Å². The van der Waals surface area contributed by atoms with Gasteiger partial charge >= 0.3 is 0 Å². The molecule has 156 valence electrons. The molecule has 0 radical (unpaired) electrons. The van der Waals surface area contributed by atoms with Crippen molar-refractivity contribution in [3.8, 4) is 5.75 Å². The van der Waals surface area contributed by atoms with Gasteiger partial charge < -0.3 is 15.4 Å². The van der Waals surface area contributed by atoms with Crippen LogP contribution in [0.3, 0.4) is 0 Å². The summed E-state index contributed by atoms with van der Waals surface area (Å²) in [5.74, 6) is 1.41. The lowest BCUT2D eigenvalue weighted by molar-refractivity contribution is -0.116. The van der Waals surface area contributed by atoms with Crippen LogP contribution in [0.4, 0.5) is 17.3 Å². The molecule has 3 rings (SSSR count). The Morgan fingerprint density at radius 3 is 2.23 bits per heavy atom. The van der Waals surface area contributed by atoms with Crippen LogP contribution in [0.5, 0.6) is 5.75 Å². The van der Waals surface area contributed by atoms with E-state index >= 15 is 0 Å². The molecule has 0 bridgehead atoms. The van der Waals surface area contributed by atoms with Gasteiger partial charge in [-0.05, 0) is 69.5 Å². The van der Waals surface area contributed by atoms with Gasteiger partial charge in [-0.3, -0.25) is 4.79 Å². The molecule has 0 saturated heterocycles. The van der Waals surface area contributed by atoms with Gasteiger partial charge in [0.2, 0.25) is 11.9 Å². The Kier molecular flexibility index (Phi) is 7.01.